The van der Waals surface area contributed by atoms with Crippen LogP contribution in [0.25, 0.3) is 16.4 Å². The molecule has 2 aromatic heterocycles. The lowest BCUT2D eigenvalue weighted by atomic mass is 9.92. The lowest BCUT2D eigenvalue weighted by molar-refractivity contribution is 0.0731. The smallest absolute Gasteiger partial charge is 0.415 e. The number of phenols is 1. The maximum absolute atomic E-state index is 14.2. The predicted molar refractivity (Wildman–Crippen MR) is 201 cm³/mol. The fourth-order valence-electron chi connectivity index (χ4n) is 6.27. The Kier molecular flexibility index (Phi) is 12.7. The summed E-state index contributed by atoms with van der Waals surface area (Å²) in [5.74, 6) is -0.248. The number of aliphatic hydroxyl groups is 1. The van der Waals surface area contributed by atoms with E-state index in [0.717, 1.165) is 21.9 Å². The number of carbonyl (C=O) groups is 3. The summed E-state index contributed by atoms with van der Waals surface area (Å²) in [5.41, 5.74) is 4.28. The number of ether oxygens (including phenoxy) is 2. The molecule has 1 aliphatic rings. The van der Waals surface area contributed by atoms with Crippen molar-refractivity contribution in [3.63, 3.8) is 0 Å². The van der Waals surface area contributed by atoms with Crippen LogP contribution in [-0.2, 0) is 4.74 Å². The molecule has 1 atom stereocenters. The molecule has 0 saturated carbocycles. The molecule has 5 aromatic rings. The maximum Gasteiger partial charge on any atom is 0.415 e. The van der Waals surface area contributed by atoms with Gasteiger partial charge in [-0.2, -0.15) is 0 Å². The topological polar surface area (TPSA) is 158 Å². The molecule has 274 valence electrons. The first-order chi connectivity index (χ1) is 25.2. The van der Waals surface area contributed by atoms with Gasteiger partial charge in [-0.1, -0.05) is 25.1 Å². The third kappa shape index (κ3) is 8.29. The minimum Gasteiger partial charge on any atom is -0.508 e. The highest BCUT2D eigenvalue weighted by Gasteiger charge is 2.35. The van der Waals surface area contributed by atoms with Gasteiger partial charge < -0.3 is 44.5 Å². The van der Waals surface area contributed by atoms with E-state index in [1.165, 1.54) is 30.6 Å². The minimum absolute atomic E-state index is 0.00292. The quantitative estimate of drug-likeness (QED) is 0.0975. The van der Waals surface area contributed by atoms with E-state index in [9.17, 15) is 19.5 Å². The molecule has 0 spiro atoms. The molecule has 52 heavy (non-hydrogen) atoms. The molecule has 0 aliphatic carbocycles. The summed E-state index contributed by atoms with van der Waals surface area (Å²) in [5, 5.41) is 26.2. The number of carbonyl (C=O) groups excluding carboxylic acids is 3. The van der Waals surface area contributed by atoms with Crippen LogP contribution in [0.2, 0.25) is 0 Å². The Hall–Kier alpha value is -5.21. The van der Waals surface area contributed by atoms with Crippen molar-refractivity contribution in [3.8, 4) is 11.5 Å². The summed E-state index contributed by atoms with van der Waals surface area (Å²) in [6, 6.07) is 17.0. The van der Waals surface area contributed by atoms with Crippen LogP contribution >= 0.6 is 11.6 Å². The average molecular weight is 731 g/mol. The van der Waals surface area contributed by atoms with Crippen LogP contribution in [0.3, 0.4) is 0 Å². The van der Waals surface area contributed by atoms with Crippen molar-refractivity contribution in [1.82, 2.24) is 19.6 Å². The van der Waals surface area contributed by atoms with Crippen LogP contribution in [0.4, 0.5) is 16.2 Å². The molecule has 0 unspecified atom stereocenters. The number of likely N-dealkylation sites (N-methyl/N-ethyl adjacent to an activating group) is 1. The Bertz CT molecular complexity index is 2050. The van der Waals surface area contributed by atoms with Gasteiger partial charge in [0.2, 0.25) is 0 Å². The number of amides is 3. The van der Waals surface area contributed by atoms with Crippen molar-refractivity contribution in [2.24, 2.45) is 0 Å². The van der Waals surface area contributed by atoms with E-state index < -0.39 is 6.09 Å². The Balaban J connectivity index is 0.00000257. The number of aryl methyl sites for hydroxylation is 1. The van der Waals surface area contributed by atoms with E-state index in [2.05, 4.69) is 34.1 Å². The summed E-state index contributed by atoms with van der Waals surface area (Å²) in [7, 11) is 1.80. The van der Waals surface area contributed by atoms with Gasteiger partial charge in [-0.15, -0.1) is 11.6 Å². The molecule has 3 heterocycles. The van der Waals surface area contributed by atoms with Gasteiger partial charge in [0.05, 0.1) is 31.2 Å². The summed E-state index contributed by atoms with van der Waals surface area (Å²) >= 11 is 4.64. The number of phenolic OH excluding ortho intramolecular Hbond substituents is 1. The Morgan fingerprint density at radius 1 is 1.04 bits per heavy atom. The monoisotopic (exact) mass is 730 g/mol. The predicted octanol–water partition coefficient (Wildman–Crippen LogP) is 5.40. The number of aromatic nitrogens is 2. The molecule has 3 aromatic carbocycles. The first-order valence-electron chi connectivity index (χ1n) is 16.8. The zero-order chi connectivity index (χ0) is 37.4. The van der Waals surface area contributed by atoms with Crippen LogP contribution in [0, 0.1) is 6.92 Å². The molecule has 0 radical (unpaired) electrons. The van der Waals surface area contributed by atoms with Crippen molar-refractivity contribution in [3.05, 3.63) is 95.4 Å². The number of pyridine rings is 1. The van der Waals surface area contributed by atoms with Crippen molar-refractivity contribution < 1.29 is 34.1 Å². The normalized spacial score (nSPS) is 13.4. The largest absolute Gasteiger partial charge is 0.508 e. The molecular formula is C38H43ClN6O7. The number of halogens is 1. The average Bonchev–Trinajstić information content (AvgIpc) is 3.72. The van der Waals surface area contributed by atoms with Crippen molar-refractivity contribution >= 4 is 57.3 Å². The van der Waals surface area contributed by atoms with E-state index in [-0.39, 0.29) is 55.5 Å². The number of nitrogens with one attached hydrogen (secondary N) is 2. The summed E-state index contributed by atoms with van der Waals surface area (Å²) < 4.78 is 13.2. The van der Waals surface area contributed by atoms with Gasteiger partial charge in [-0.05, 0) is 66.9 Å². The van der Waals surface area contributed by atoms with E-state index in [0.29, 0.717) is 48.0 Å². The van der Waals surface area contributed by atoms with E-state index >= 15 is 0 Å². The number of nitrogens with zero attached hydrogens (tertiary/aromatic N) is 4. The molecule has 4 N–H and O–H groups in total. The molecule has 3 amide bonds. The molecule has 6 rings (SSSR count). The summed E-state index contributed by atoms with van der Waals surface area (Å²) in [6.07, 6.45) is 4.23. The molecule has 0 saturated heterocycles. The lowest BCUT2D eigenvalue weighted by Crippen LogP contribution is -2.40. The van der Waals surface area contributed by atoms with Crippen molar-refractivity contribution in [2.45, 2.75) is 19.8 Å². The third-order valence-corrected chi connectivity index (χ3v) is 8.72. The van der Waals surface area contributed by atoms with Crippen molar-refractivity contribution in [1.29, 1.82) is 0 Å². The molecule has 1 aliphatic heterocycles. The minimum atomic E-state index is -0.548. The Morgan fingerprint density at radius 3 is 2.54 bits per heavy atom. The third-order valence-electron chi connectivity index (χ3n) is 8.72. The fourth-order valence-corrected chi connectivity index (χ4v) is 6.27. The zero-order valence-corrected chi connectivity index (χ0v) is 30.3. The first-order valence-corrected chi connectivity index (χ1v) is 17.6. The van der Waals surface area contributed by atoms with Gasteiger partial charge in [0, 0.05) is 67.9 Å². The van der Waals surface area contributed by atoms with Gasteiger partial charge >= 0.3 is 6.09 Å². The second-order valence-corrected chi connectivity index (χ2v) is 12.2. The van der Waals surface area contributed by atoms with Gasteiger partial charge in [-0.25, -0.2) is 9.78 Å². The Labute approximate surface area is 306 Å². The van der Waals surface area contributed by atoms with Crippen LogP contribution in [0.5, 0.6) is 11.5 Å². The standard InChI is InChI=1S/C37H40N6O7.CH3Cl/c1-23-5-4-6-28-31(50-37(48)41(14-13-38-3)15-17-49-18-16-44)19-30-34(33(23)28)24(2)20-43(30)36(47)29-22-42-21-26(9-12-32(42)40-29)39-35(46)25-7-10-27(45)11-8-25;1-2/h4-12,19,21-22,24,38,44-45H,13-18,20H2,1-3H3,(H,39,46);1H3/t24-;/m1./s1. The summed E-state index contributed by atoms with van der Waals surface area (Å²) in [4.78, 5) is 48.3. The zero-order valence-electron chi connectivity index (χ0n) is 29.6. The highest BCUT2D eigenvalue weighted by Crippen LogP contribution is 2.46. The number of benzene rings is 3. The molecule has 0 bridgehead atoms. The van der Waals surface area contributed by atoms with E-state index in [4.69, 9.17) is 14.6 Å². The highest BCUT2D eigenvalue weighted by atomic mass is 35.5. The van der Waals surface area contributed by atoms with Crippen LogP contribution in [0.15, 0.2) is 73.1 Å². The molecular weight excluding hydrogens is 688 g/mol. The lowest BCUT2D eigenvalue weighted by Gasteiger charge is -2.23. The van der Waals surface area contributed by atoms with Crippen LogP contribution in [-0.4, -0.2) is 102 Å². The number of hydrogen-bond acceptors (Lipinski definition) is 9. The van der Waals surface area contributed by atoms with Crippen LogP contribution < -0.4 is 20.3 Å². The number of rotatable bonds is 12. The fraction of sp³-hybridized carbons (Fsp3) is 0.316. The number of hydrogen-bond donors (Lipinski definition) is 4. The van der Waals surface area contributed by atoms with Crippen LogP contribution in [0.1, 0.15) is 44.8 Å². The Morgan fingerprint density at radius 2 is 1.81 bits per heavy atom. The molecule has 13 nitrogen and oxygen atoms in total. The van der Waals surface area contributed by atoms with Gasteiger partial charge in [0.25, 0.3) is 11.8 Å². The number of fused-ring (bicyclic) bond motifs is 4. The summed E-state index contributed by atoms with van der Waals surface area (Å²) in [6.45, 7) is 6.01. The second kappa shape index (κ2) is 17.3. The molecule has 14 heteroatoms. The second-order valence-electron chi connectivity index (χ2n) is 12.2. The number of aromatic hydroxyl groups is 1. The maximum atomic E-state index is 14.2. The van der Waals surface area contributed by atoms with E-state index in [1.807, 2.05) is 25.1 Å². The first kappa shape index (κ1) is 38.0. The number of imidazole rings is 1. The number of anilines is 2. The van der Waals surface area contributed by atoms with Gasteiger partial charge in [0.1, 0.15) is 22.8 Å². The molecule has 0 fully saturated rings. The van der Waals surface area contributed by atoms with Gasteiger partial charge in [0.15, 0.2) is 0 Å². The van der Waals surface area contributed by atoms with E-state index in [1.54, 1.807) is 51.8 Å². The number of alkyl halides is 1. The van der Waals surface area contributed by atoms with Crippen molar-refractivity contribution in [2.75, 3.05) is 69.6 Å². The van der Waals surface area contributed by atoms with Gasteiger partial charge in [-0.3, -0.25) is 9.59 Å². The SMILES string of the molecule is CCl.CNCCN(CCOCCO)C(=O)Oc1cc2c(c3c(C)cccc13)[C@H](C)CN2C(=O)c1cn2cc(NC(=O)c3ccc(O)cc3)ccc2n1. The number of aliphatic hydroxyl groups excluding tert-OH is 1. The highest BCUT2D eigenvalue weighted by molar-refractivity contribution is 6.15.